The predicted molar refractivity (Wildman–Crippen MR) is 96.8 cm³/mol. The van der Waals surface area contributed by atoms with Gasteiger partial charge in [-0.15, -0.1) is 0 Å². The van der Waals surface area contributed by atoms with E-state index in [1.807, 2.05) is 18.3 Å². The number of piperidine rings is 1. The van der Waals surface area contributed by atoms with Crippen LogP contribution in [0.5, 0.6) is 11.5 Å². The summed E-state index contributed by atoms with van der Waals surface area (Å²) in [6.45, 7) is 2.80. The van der Waals surface area contributed by atoms with Crippen molar-refractivity contribution in [3.63, 3.8) is 0 Å². The third kappa shape index (κ3) is 4.71. The van der Waals surface area contributed by atoms with Crippen LogP contribution in [0.15, 0.2) is 36.7 Å². The number of methoxy groups -OCH3 is 2. The van der Waals surface area contributed by atoms with Gasteiger partial charge < -0.3 is 14.2 Å². The quantitative estimate of drug-likeness (QED) is 0.757. The zero-order valence-corrected chi connectivity index (χ0v) is 15.3. The molecule has 1 aliphatic rings. The number of ether oxygens (including phenoxy) is 3. The highest BCUT2D eigenvalue weighted by atomic mass is 19.1. The number of rotatable bonds is 7. The van der Waals surface area contributed by atoms with Gasteiger partial charge in [0.1, 0.15) is 5.82 Å². The van der Waals surface area contributed by atoms with Crippen molar-refractivity contribution < 1.29 is 18.6 Å². The zero-order valence-electron chi connectivity index (χ0n) is 15.3. The van der Waals surface area contributed by atoms with Gasteiger partial charge >= 0.3 is 0 Å². The van der Waals surface area contributed by atoms with Crippen LogP contribution in [0.2, 0.25) is 0 Å². The normalized spacial score (nSPS) is 17.9. The molecule has 0 saturated carbocycles. The summed E-state index contributed by atoms with van der Waals surface area (Å²) in [6.07, 6.45) is 5.77. The Hall–Kier alpha value is -2.18. The molecule has 0 spiro atoms. The summed E-state index contributed by atoms with van der Waals surface area (Å²) >= 11 is 0. The Labute approximate surface area is 153 Å². The van der Waals surface area contributed by atoms with Crippen molar-refractivity contribution in [3.8, 4) is 11.5 Å². The lowest BCUT2D eigenvalue weighted by atomic mass is 10.1. The van der Waals surface area contributed by atoms with Crippen LogP contribution >= 0.6 is 0 Å². The van der Waals surface area contributed by atoms with E-state index in [0.717, 1.165) is 31.5 Å². The molecule has 1 atom stereocenters. The van der Waals surface area contributed by atoms with Crippen molar-refractivity contribution in [1.29, 1.82) is 0 Å². The molecule has 0 radical (unpaired) electrons. The van der Waals surface area contributed by atoms with Crippen LogP contribution in [0, 0.1) is 5.82 Å². The molecule has 0 amide bonds. The molecule has 5 nitrogen and oxygen atoms in total. The third-order valence-corrected chi connectivity index (χ3v) is 4.62. The number of aromatic nitrogens is 1. The number of pyridine rings is 1. The zero-order chi connectivity index (χ0) is 18.4. The molecule has 0 aliphatic carbocycles. The number of likely N-dealkylation sites (tertiary alicyclic amines) is 1. The van der Waals surface area contributed by atoms with Gasteiger partial charge in [-0.25, -0.2) is 4.39 Å². The maximum absolute atomic E-state index is 14.4. The summed E-state index contributed by atoms with van der Waals surface area (Å²) in [7, 11) is 3.06. The Morgan fingerprint density at radius 1 is 1.23 bits per heavy atom. The van der Waals surface area contributed by atoms with Crippen molar-refractivity contribution in [3.05, 3.63) is 53.6 Å². The van der Waals surface area contributed by atoms with E-state index in [1.165, 1.54) is 13.2 Å². The van der Waals surface area contributed by atoms with E-state index in [4.69, 9.17) is 14.2 Å². The molecule has 1 aromatic heterocycles. The fourth-order valence-corrected chi connectivity index (χ4v) is 3.25. The standard InChI is InChI=1S/C20H25FN2O3/c1-24-19-9-16(18(21)10-20(19)25-2)12-23-8-4-6-17(13-23)26-14-15-5-3-7-22-11-15/h3,5,7,9-11,17H,4,6,8,12-14H2,1-2H3/t17-/m0/s1. The van der Waals surface area contributed by atoms with Crippen LogP contribution in [0.25, 0.3) is 0 Å². The van der Waals surface area contributed by atoms with E-state index in [9.17, 15) is 4.39 Å². The van der Waals surface area contributed by atoms with Crippen molar-refractivity contribution in [1.82, 2.24) is 9.88 Å². The fourth-order valence-electron chi connectivity index (χ4n) is 3.25. The molecule has 0 unspecified atom stereocenters. The van der Waals surface area contributed by atoms with Crippen molar-refractivity contribution in [2.24, 2.45) is 0 Å². The lowest BCUT2D eigenvalue weighted by molar-refractivity contribution is -0.0123. The van der Waals surface area contributed by atoms with Gasteiger partial charge in [-0.05, 0) is 37.1 Å². The van der Waals surface area contributed by atoms with Gasteiger partial charge in [-0.3, -0.25) is 9.88 Å². The molecule has 1 aliphatic heterocycles. The first-order valence-corrected chi connectivity index (χ1v) is 8.83. The van der Waals surface area contributed by atoms with Gasteiger partial charge in [0, 0.05) is 37.1 Å². The number of benzene rings is 1. The second-order valence-corrected chi connectivity index (χ2v) is 6.47. The Morgan fingerprint density at radius 2 is 2.04 bits per heavy atom. The maximum Gasteiger partial charge on any atom is 0.163 e. The number of nitrogens with zero attached hydrogens (tertiary/aromatic N) is 2. The molecule has 1 aromatic carbocycles. The van der Waals surface area contributed by atoms with E-state index >= 15 is 0 Å². The first-order chi connectivity index (χ1) is 12.7. The highest BCUT2D eigenvalue weighted by Gasteiger charge is 2.22. The molecule has 1 saturated heterocycles. The smallest absolute Gasteiger partial charge is 0.163 e. The Bertz CT molecular complexity index is 712. The first kappa shape index (κ1) is 18.6. The Kier molecular flexibility index (Phi) is 6.41. The molecule has 3 rings (SSSR count). The number of halogens is 1. The molecule has 26 heavy (non-hydrogen) atoms. The van der Waals surface area contributed by atoms with Crippen molar-refractivity contribution >= 4 is 0 Å². The fraction of sp³-hybridized carbons (Fsp3) is 0.450. The van der Waals surface area contributed by atoms with Gasteiger partial charge in [0.25, 0.3) is 0 Å². The third-order valence-electron chi connectivity index (χ3n) is 4.62. The van der Waals surface area contributed by atoms with Crippen LogP contribution in [0.1, 0.15) is 24.0 Å². The van der Waals surface area contributed by atoms with E-state index in [2.05, 4.69) is 9.88 Å². The maximum atomic E-state index is 14.4. The average molecular weight is 360 g/mol. The minimum absolute atomic E-state index is 0.146. The second-order valence-electron chi connectivity index (χ2n) is 6.47. The van der Waals surface area contributed by atoms with E-state index in [0.29, 0.717) is 30.2 Å². The second kappa shape index (κ2) is 8.96. The van der Waals surface area contributed by atoms with Gasteiger partial charge in [0.2, 0.25) is 0 Å². The van der Waals surface area contributed by atoms with E-state index < -0.39 is 0 Å². The molecule has 140 valence electrons. The van der Waals surface area contributed by atoms with Gasteiger partial charge in [-0.1, -0.05) is 6.07 Å². The lowest BCUT2D eigenvalue weighted by Crippen LogP contribution is -2.39. The highest BCUT2D eigenvalue weighted by molar-refractivity contribution is 5.43. The lowest BCUT2D eigenvalue weighted by Gasteiger charge is -2.32. The average Bonchev–Trinajstić information content (AvgIpc) is 2.68. The van der Waals surface area contributed by atoms with Crippen molar-refractivity contribution in [2.75, 3.05) is 27.3 Å². The van der Waals surface area contributed by atoms with Gasteiger partial charge in [0.05, 0.1) is 26.9 Å². The van der Waals surface area contributed by atoms with Crippen LogP contribution in [-0.4, -0.2) is 43.3 Å². The SMILES string of the molecule is COc1cc(F)c(CN2CCC[C@H](OCc3cccnc3)C2)cc1OC. The summed E-state index contributed by atoms with van der Waals surface area (Å²) in [4.78, 5) is 6.33. The minimum atomic E-state index is -0.277. The predicted octanol–water partition coefficient (Wildman–Crippen LogP) is 3.42. The largest absolute Gasteiger partial charge is 0.493 e. The van der Waals surface area contributed by atoms with E-state index in [1.54, 1.807) is 19.4 Å². The molecular weight excluding hydrogens is 335 g/mol. The molecule has 6 heteroatoms. The molecule has 2 heterocycles. The first-order valence-electron chi connectivity index (χ1n) is 8.83. The molecule has 0 N–H and O–H groups in total. The molecular formula is C20H25FN2O3. The monoisotopic (exact) mass is 360 g/mol. The van der Waals surface area contributed by atoms with E-state index in [-0.39, 0.29) is 11.9 Å². The summed E-state index contributed by atoms with van der Waals surface area (Å²) in [5.74, 6) is 0.677. The highest BCUT2D eigenvalue weighted by Crippen LogP contribution is 2.31. The number of hydrogen-bond acceptors (Lipinski definition) is 5. The topological polar surface area (TPSA) is 43.8 Å². The summed E-state index contributed by atoms with van der Waals surface area (Å²) in [5.41, 5.74) is 1.67. The van der Waals surface area contributed by atoms with Gasteiger partial charge in [-0.2, -0.15) is 0 Å². The van der Waals surface area contributed by atoms with Crippen LogP contribution < -0.4 is 9.47 Å². The Morgan fingerprint density at radius 3 is 2.77 bits per heavy atom. The van der Waals surface area contributed by atoms with Crippen LogP contribution in [-0.2, 0) is 17.9 Å². The van der Waals surface area contributed by atoms with Crippen LogP contribution in [0.4, 0.5) is 4.39 Å². The number of hydrogen-bond donors (Lipinski definition) is 0. The summed E-state index contributed by atoms with van der Waals surface area (Å²) < 4.78 is 30.8. The Balaban J connectivity index is 1.59. The summed E-state index contributed by atoms with van der Waals surface area (Å²) in [6, 6.07) is 7.01. The van der Waals surface area contributed by atoms with Gasteiger partial charge in [0.15, 0.2) is 11.5 Å². The van der Waals surface area contributed by atoms with Crippen molar-refractivity contribution in [2.45, 2.75) is 32.1 Å². The molecule has 2 aromatic rings. The summed E-state index contributed by atoms with van der Waals surface area (Å²) in [5, 5.41) is 0. The van der Waals surface area contributed by atoms with Crippen LogP contribution in [0.3, 0.4) is 0 Å². The molecule has 1 fully saturated rings. The minimum Gasteiger partial charge on any atom is -0.493 e. The molecule has 0 bridgehead atoms.